The van der Waals surface area contributed by atoms with Crippen LogP contribution >= 0.6 is 0 Å². The van der Waals surface area contributed by atoms with Crippen LogP contribution in [-0.4, -0.2) is 29.3 Å². The lowest BCUT2D eigenvalue weighted by atomic mass is 10.1. The average Bonchev–Trinajstić information content (AvgIpc) is 2.75. The zero-order chi connectivity index (χ0) is 12.0. The van der Waals surface area contributed by atoms with E-state index in [1.807, 2.05) is 6.92 Å². The van der Waals surface area contributed by atoms with Crippen molar-refractivity contribution in [1.82, 2.24) is 10.1 Å². The fourth-order valence-corrected chi connectivity index (χ4v) is 1.12. The molecule has 0 aliphatic carbocycles. The van der Waals surface area contributed by atoms with E-state index < -0.39 is 5.97 Å². The Hall–Kier alpha value is -1.43. The highest BCUT2D eigenvalue weighted by molar-refractivity contribution is 5.84. The Morgan fingerprint density at radius 2 is 2.38 bits per heavy atom. The van der Waals surface area contributed by atoms with Crippen molar-refractivity contribution in [2.75, 3.05) is 13.2 Å². The summed E-state index contributed by atoms with van der Waals surface area (Å²) < 4.78 is 9.67. The standard InChI is InChI=1S/C10H17N3O3/c1-3-15-10(14)9-12-8(16-13-9)5-4-7(2)6-11/h7H,3-6,11H2,1-2H3. The van der Waals surface area contributed by atoms with Crippen molar-refractivity contribution in [3.05, 3.63) is 11.7 Å². The summed E-state index contributed by atoms with van der Waals surface area (Å²) in [6.07, 6.45) is 1.49. The number of esters is 1. The Morgan fingerprint density at radius 1 is 1.62 bits per heavy atom. The molecule has 0 amide bonds. The van der Waals surface area contributed by atoms with Crippen LogP contribution in [0.2, 0.25) is 0 Å². The number of rotatable bonds is 6. The van der Waals surface area contributed by atoms with Gasteiger partial charge in [0, 0.05) is 6.42 Å². The van der Waals surface area contributed by atoms with Gasteiger partial charge < -0.3 is 15.0 Å². The van der Waals surface area contributed by atoms with Crippen LogP contribution in [0.15, 0.2) is 4.52 Å². The molecule has 0 saturated carbocycles. The Bertz CT molecular complexity index is 338. The quantitative estimate of drug-likeness (QED) is 0.722. The number of nitrogens with two attached hydrogens (primary N) is 1. The minimum atomic E-state index is -0.552. The van der Waals surface area contributed by atoms with Crippen molar-refractivity contribution < 1.29 is 14.1 Å². The zero-order valence-electron chi connectivity index (χ0n) is 9.60. The van der Waals surface area contributed by atoms with Gasteiger partial charge in [0.2, 0.25) is 5.89 Å². The molecule has 0 saturated heterocycles. The number of carbonyl (C=O) groups excluding carboxylic acids is 1. The normalized spacial score (nSPS) is 12.4. The second-order valence-corrected chi connectivity index (χ2v) is 3.61. The summed E-state index contributed by atoms with van der Waals surface area (Å²) in [5.41, 5.74) is 5.49. The monoisotopic (exact) mass is 227 g/mol. The molecule has 90 valence electrons. The third-order valence-corrected chi connectivity index (χ3v) is 2.18. The van der Waals surface area contributed by atoms with Gasteiger partial charge in [-0.1, -0.05) is 6.92 Å². The highest BCUT2D eigenvalue weighted by atomic mass is 16.5. The van der Waals surface area contributed by atoms with Crippen molar-refractivity contribution in [1.29, 1.82) is 0 Å². The van der Waals surface area contributed by atoms with Crippen LogP contribution in [0.5, 0.6) is 0 Å². The molecule has 1 aromatic heterocycles. The highest BCUT2D eigenvalue weighted by Crippen LogP contribution is 2.07. The lowest BCUT2D eigenvalue weighted by molar-refractivity contribution is 0.0508. The molecule has 0 fully saturated rings. The van der Waals surface area contributed by atoms with Crippen LogP contribution in [-0.2, 0) is 11.2 Å². The second kappa shape index (κ2) is 6.22. The molecule has 1 aromatic rings. The first-order chi connectivity index (χ1) is 7.67. The summed E-state index contributed by atoms with van der Waals surface area (Å²) in [6, 6.07) is 0. The zero-order valence-corrected chi connectivity index (χ0v) is 9.60. The van der Waals surface area contributed by atoms with Gasteiger partial charge >= 0.3 is 5.97 Å². The molecule has 0 bridgehead atoms. The van der Waals surface area contributed by atoms with Gasteiger partial charge in [0.15, 0.2) is 0 Å². The lowest BCUT2D eigenvalue weighted by Gasteiger charge is -2.03. The van der Waals surface area contributed by atoms with Crippen molar-refractivity contribution >= 4 is 5.97 Å². The molecule has 0 aromatic carbocycles. The number of ether oxygens (including phenoxy) is 1. The summed E-state index contributed by atoms with van der Waals surface area (Å²) in [5, 5.41) is 3.55. The number of carbonyl (C=O) groups is 1. The van der Waals surface area contributed by atoms with Crippen LogP contribution in [0.4, 0.5) is 0 Å². The number of hydrogen-bond donors (Lipinski definition) is 1. The fraction of sp³-hybridized carbons (Fsp3) is 0.700. The van der Waals surface area contributed by atoms with Gasteiger partial charge in [-0.15, -0.1) is 0 Å². The molecule has 1 heterocycles. The maximum Gasteiger partial charge on any atom is 0.379 e. The van der Waals surface area contributed by atoms with E-state index in [0.717, 1.165) is 6.42 Å². The van der Waals surface area contributed by atoms with Gasteiger partial charge in [0.1, 0.15) is 0 Å². The van der Waals surface area contributed by atoms with Crippen LogP contribution in [0.25, 0.3) is 0 Å². The van der Waals surface area contributed by atoms with Gasteiger partial charge in [-0.2, -0.15) is 4.98 Å². The van der Waals surface area contributed by atoms with E-state index in [1.54, 1.807) is 6.92 Å². The van der Waals surface area contributed by atoms with Crippen molar-refractivity contribution in [2.24, 2.45) is 11.7 Å². The Morgan fingerprint density at radius 3 is 3.00 bits per heavy atom. The molecule has 6 heteroatoms. The molecule has 6 nitrogen and oxygen atoms in total. The topological polar surface area (TPSA) is 91.2 Å². The molecule has 2 N–H and O–H groups in total. The SMILES string of the molecule is CCOC(=O)c1noc(CCC(C)CN)n1. The van der Waals surface area contributed by atoms with Crippen molar-refractivity contribution in [2.45, 2.75) is 26.7 Å². The van der Waals surface area contributed by atoms with Gasteiger partial charge in [0.25, 0.3) is 5.82 Å². The van der Waals surface area contributed by atoms with E-state index in [-0.39, 0.29) is 5.82 Å². The third-order valence-electron chi connectivity index (χ3n) is 2.18. The first-order valence-corrected chi connectivity index (χ1v) is 5.37. The predicted octanol–water partition coefficient (Wildman–Crippen LogP) is 0.774. The Labute approximate surface area is 94.2 Å². The van der Waals surface area contributed by atoms with Gasteiger partial charge in [0.05, 0.1) is 6.61 Å². The molecular weight excluding hydrogens is 210 g/mol. The van der Waals surface area contributed by atoms with Gasteiger partial charge in [-0.05, 0) is 31.0 Å². The number of aromatic nitrogens is 2. The first kappa shape index (κ1) is 12.6. The van der Waals surface area contributed by atoms with Crippen LogP contribution < -0.4 is 5.73 Å². The summed E-state index contributed by atoms with van der Waals surface area (Å²) in [4.78, 5) is 15.2. The summed E-state index contributed by atoms with van der Waals surface area (Å²) in [6.45, 7) is 4.69. The van der Waals surface area contributed by atoms with Gasteiger partial charge in [-0.25, -0.2) is 4.79 Å². The van der Waals surface area contributed by atoms with E-state index in [4.69, 9.17) is 15.0 Å². The third kappa shape index (κ3) is 3.62. The minimum absolute atomic E-state index is 0.0164. The molecule has 0 aliphatic heterocycles. The van der Waals surface area contributed by atoms with E-state index in [9.17, 15) is 4.79 Å². The molecule has 0 aliphatic rings. The maximum absolute atomic E-state index is 11.2. The minimum Gasteiger partial charge on any atom is -0.460 e. The Balaban J connectivity index is 2.48. The number of aryl methyl sites for hydroxylation is 1. The molecule has 16 heavy (non-hydrogen) atoms. The molecule has 1 rings (SSSR count). The van der Waals surface area contributed by atoms with Crippen LogP contribution in [0, 0.1) is 5.92 Å². The van der Waals surface area contributed by atoms with Crippen LogP contribution in [0.1, 0.15) is 36.8 Å². The molecule has 0 spiro atoms. The van der Waals surface area contributed by atoms with E-state index in [1.165, 1.54) is 0 Å². The first-order valence-electron chi connectivity index (χ1n) is 5.37. The highest BCUT2D eigenvalue weighted by Gasteiger charge is 2.15. The second-order valence-electron chi connectivity index (χ2n) is 3.61. The summed E-state index contributed by atoms with van der Waals surface area (Å²) >= 11 is 0. The molecule has 1 unspecified atom stereocenters. The maximum atomic E-state index is 11.2. The average molecular weight is 227 g/mol. The summed E-state index contributed by atoms with van der Waals surface area (Å²) in [7, 11) is 0. The van der Waals surface area contributed by atoms with E-state index in [2.05, 4.69) is 10.1 Å². The number of hydrogen-bond acceptors (Lipinski definition) is 6. The lowest BCUT2D eigenvalue weighted by Crippen LogP contribution is -2.11. The predicted molar refractivity (Wildman–Crippen MR) is 56.8 cm³/mol. The molecule has 1 atom stereocenters. The molecular formula is C10H17N3O3. The van der Waals surface area contributed by atoms with Crippen LogP contribution in [0.3, 0.4) is 0 Å². The van der Waals surface area contributed by atoms with Crippen molar-refractivity contribution in [3.8, 4) is 0 Å². The smallest absolute Gasteiger partial charge is 0.379 e. The fourth-order valence-electron chi connectivity index (χ4n) is 1.12. The van der Waals surface area contributed by atoms with E-state index >= 15 is 0 Å². The Kier molecular flexibility index (Phi) is 4.91. The van der Waals surface area contributed by atoms with Gasteiger partial charge in [-0.3, -0.25) is 0 Å². The van der Waals surface area contributed by atoms with E-state index in [0.29, 0.717) is 31.4 Å². The van der Waals surface area contributed by atoms with Crippen molar-refractivity contribution in [3.63, 3.8) is 0 Å². The largest absolute Gasteiger partial charge is 0.460 e. The number of nitrogens with zero attached hydrogens (tertiary/aromatic N) is 2. The molecule has 0 radical (unpaired) electrons. The summed E-state index contributed by atoms with van der Waals surface area (Å²) in [5.74, 6) is 0.280.